The summed E-state index contributed by atoms with van der Waals surface area (Å²) in [6.07, 6.45) is 3.52. The molecule has 0 saturated carbocycles. The molecule has 0 saturated heterocycles. The van der Waals surface area contributed by atoms with Gasteiger partial charge in [-0.05, 0) is 49.4 Å². The Morgan fingerprint density at radius 3 is 2.45 bits per heavy atom. The smallest absolute Gasteiger partial charge is 0.219 e. The summed E-state index contributed by atoms with van der Waals surface area (Å²) in [7, 11) is 0. The monoisotopic (exact) mass is 378 g/mol. The number of aromatic nitrogens is 4. The number of aryl methyl sites for hydroxylation is 1. The molecule has 0 spiro atoms. The molecule has 140 valence electrons. The predicted molar refractivity (Wildman–Crippen MR) is 113 cm³/mol. The lowest BCUT2D eigenvalue weighted by Crippen LogP contribution is -1.97. The Kier molecular flexibility index (Phi) is 4.26. The van der Waals surface area contributed by atoms with E-state index >= 15 is 0 Å². The quantitative estimate of drug-likeness (QED) is 0.409. The third-order valence-corrected chi connectivity index (χ3v) is 4.72. The Bertz CT molecular complexity index is 1280. The van der Waals surface area contributed by atoms with Gasteiger partial charge < -0.3 is 4.74 Å². The van der Waals surface area contributed by atoms with Crippen molar-refractivity contribution < 1.29 is 4.74 Å². The number of hydrogen-bond acceptors (Lipinski definition) is 4. The molecule has 2 aromatic carbocycles. The number of rotatable bonds is 4. The first-order valence-corrected chi connectivity index (χ1v) is 9.38. The highest BCUT2D eigenvalue weighted by Crippen LogP contribution is 2.29. The summed E-state index contributed by atoms with van der Waals surface area (Å²) in [4.78, 5) is 13.4. The van der Waals surface area contributed by atoms with Crippen molar-refractivity contribution in [1.82, 2.24) is 19.5 Å². The molecule has 0 fully saturated rings. The van der Waals surface area contributed by atoms with Crippen molar-refractivity contribution in [2.45, 2.75) is 6.92 Å². The van der Waals surface area contributed by atoms with Crippen LogP contribution in [0, 0.1) is 6.92 Å². The number of ether oxygens (including phenoxy) is 1. The summed E-state index contributed by atoms with van der Waals surface area (Å²) in [6.45, 7) is 2.01. The fraction of sp³-hybridized carbons (Fsp3) is 0.0417. The van der Waals surface area contributed by atoms with E-state index in [0.717, 1.165) is 39.6 Å². The number of fused-ring (bicyclic) bond motifs is 1. The van der Waals surface area contributed by atoms with E-state index in [4.69, 9.17) is 9.72 Å². The molecule has 5 heteroatoms. The van der Waals surface area contributed by atoms with E-state index in [1.54, 1.807) is 12.4 Å². The van der Waals surface area contributed by atoms with Crippen LogP contribution in [-0.2, 0) is 0 Å². The molecule has 0 radical (unpaired) electrons. The van der Waals surface area contributed by atoms with Crippen LogP contribution >= 0.6 is 0 Å². The van der Waals surface area contributed by atoms with E-state index in [1.807, 2.05) is 67.6 Å². The van der Waals surface area contributed by atoms with Gasteiger partial charge in [-0.3, -0.25) is 9.55 Å². The van der Waals surface area contributed by atoms with Crippen LogP contribution in [-0.4, -0.2) is 19.5 Å². The van der Waals surface area contributed by atoms with Gasteiger partial charge in [-0.1, -0.05) is 24.3 Å². The van der Waals surface area contributed by atoms with Gasteiger partial charge in [0, 0.05) is 35.8 Å². The Balaban J connectivity index is 1.60. The average molecular weight is 378 g/mol. The third-order valence-electron chi connectivity index (χ3n) is 4.72. The van der Waals surface area contributed by atoms with Gasteiger partial charge in [-0.25, -0.2) is 9.97 Å². The van der Waals surface area contributed by atoms with Gasteiger partial charge in [0.15, 0.2) is 0 Å². The molecule has 29 heavy (non-hydrogen) atoms. The number of nitrogens with zero attached hydrogens (tertiary/aromatic N) is 4. The second kappa shape index (κ2) is 7.20. The standard InChI is InChI=1S/C24H18N4O/c1-17-27-22-12-11-20(29-24-10-3-5-14-26-24)16-23(22)28(17)19-8-6-7-18(15-19)21-9-2-4-13-25-21/h2-16H,1H3. The normalized spacial score (nSPS) is 10.9. The number of hydrogen-bond donors (Lipinski definition) is 0. The Hall–Kier alpha value is -3.99. The highest BCUT2D eigenvalue weighted by molar-refractivity contribution is 5.80. The SMILES string of the molecule is Cc1nc2ccc(Oc3ccccn3)cc2n1-c1cccc(-c2ccccn2)c1. The highest BCUT2D eigenvalue weighted by atomic mass is 16.5. The molecule has 3 aromatic heterocycles. The first kappa shape index (κ1) is 17.1. The fourth-order valence-corrected chi connectivity index (χ4v) is 3.43. The first-order chi connectivity index (χ1) is 14.3. The van der Waals surface area contributed by atoms with Gasteiger partial charge in [-0.15, -0.1) is 0 Å². The van der Waals surface area contributed by atoms with E-state index in [1.165, 1.54) is 0 Å². The van der Waals surface area contributed by atoms with Crippen LogP contribution < -0.4 is 4.74 Å². The van der Waals surface area contributed by atoms with Crippen molar-refractivity contribution >= 4 is 11.0 Å². The van der Waals surface area contributed by atoms with Crippen molar-refractivity contribution in [1.29, 1.82) is 0 Å². The predicted octanol–water partition coefficient (Wildman–Crippen LogP) is 5.58. The van der Waals surface area contributed by atoms with Gasteiger partial charge in [0.25, 0.3) is 0 Å². The summed E-state index contributed by atoms with van der Waals surface area (Å²) in [6, 6.07) is 25.7. The summed E-state index contributed by atoms with van der Waals surface area (Å²) in [5.74, 6) is 2.19. The van der Waals surface area contributed by atoms with Crippen LogP contribution in [0.3, 0.4) is 0 Å². The van der Waals surface area contributed by atoms with Gasteiger partial charge in [0.05, 0.1) is 16.7 Å². The van der Waals surface area contributed by atoms with E-state index in [2.05, 4.69) is 32.7 Å². The molecule has 5 aromatic rings. The summed E-state index contributed by atoms with van der Waals surface area (Å²) >= 11 is 0. The lowest BCUT2D eigenvalue weighted by Gasteiger charge is -2.10. The number of imidazole rings is 1. The molecule has 0 aliphatic rings. The number of pyridine rings is 2. The van der Waals surface area contributed by atoms with Crippen LogP contribution in [0.2, 0.25) is 0 Å². The molecule has 3 heterocycles. The van der Waals surface area contributed by atoms with Crippen molar-refractivity contribution in [2.24, 2.45) is 0 Å². The van der Waals surface area contributed by atoms with Crippen molar-refractivity contribution in [3.8, 4) is 28.6 Å². The molecular weight excluding hydrogens is 360 g/mol. The van der Waals surface area contributed by atoms with Crippen LogP contribution in [0.4, 0.5) is 0 Å². The van der Waals surface area contributed by atoms with E-state index in [0.29, 0.717) is 5.88 Å². The summed E-state index contributed by atoms with van der Waals surface area (Å²) in [5, 5.41) is 0. The lowest BCUT2D eigenvalue weighted by atomic mass is 10.1. The zero-order valence-corrected chi connectivity index (χ0v) is 15.9. The maximum Gasteiger partial charge on any atom is 0.219 e. The third kappa shape index (κ3) is 3.34. The second-order valence-electron chi connectivity index (χ2n) is 6.68. The topological polar surface area (TPSA) is 52.8 Å². The minimum absolute atomic E-state index is 0.562. The van der Waals surface area contributed by atoms with E-state index in [9.17, 15) is 0 Å². The average Bonchev–Trinajstić information content (AvgIpc) is 3.10. The second-order valence-corrected chi connectivity index (χ2v) is 6.68. The molecule has 0 atom stereocenters. The summed E-state index contributed by atoms with van der Waals surface area (Å²) in [5.41, 5.74) is 4.93. The zero-order chi connectivity index (χ0) is 19.6. The van der Waals surface area contributed by atoms with Crippen molar-refractivity contribution in [2.75, 3.05) is 0 Å². The minimum Gasteiger partial charge on any atom is -0.439 e. The maximum absolute atomic E-state index is 5.92. The Morgan fingerprint density at radius 1 is 0.793 bits per heavy atom. The van der Waals surface area contributed by atoms with Gasteiger partial charge >= 0.3 is 0 Å². The van der Waals surface area contributed by atoms with E-state index < -0.39 is 0 Å². The lowest BCUT2D eigenvalue weighted by molar-refractivity contribution is 0.463. The molecule has 0 bridgehead atoms. The van der Waals surface area contributed by atoms with Gasteiger partial charge in [0.2, 0.25) is 5.88 Å². The zero-order valence-electron chi connectivity index (χ0n) is 15.9. The molecule has 0 aliphatic carbocycles. The molecule has 5 rings (SSSR count). The van der Waals surface area contributed by atoms with Crippen LogP contribution in [0.25, 0.3) is 28.0 Å². The van der Waals surface area contributed by atoms with Crippen molar-refractivity contribution in [3.05, 3.63) is 97.1 Å². The Morgan fingerprint density at radius 2 is 1.66 bits per heavy atom. The molecule has 0 N–H and O–H groups in total. The Labute approximate surface area is 168 Å². The molecule has 0 unspecified atom stereocenters. The molecule has 0 aliphatic heterocycles. The van der Waals surface area contributed by atoms with Gasteiger partial charge in [-0.2, -0.15) is 0 Å². The van der Waals surface area contributed by atoms with E-state index in [-0.39, 0.29) is 0 Å². The fourth-order valence-electron chi connectivity index (χ4n) is 3.43. The number of benzene rings is 2. The molecular formula is C24H18N4O. The van der Waals surface area contributed by atoms with Crippen LogP contribution in [0.1, 0.15) is 5.82 Å². The minimum atomic E-state index is 0.562. The first-order valence-electron chi connectivity index (χ1n) is 9.38. The molecule has 0 amide bonds. The largest absolute Gasteiger partial charge is 0.439 e. The van der Waals surface area contributed by atoms with Crippen LogP contribution in [0.15, 0.2) is 91.3 Å². The van der Waals surface area contributed by atoms with Crippen LogP contribution in [0.5, 0.6) is 11.6 Å². The highest BCUT2D eigenvalue weighted by Gasteiger charge is 2.12. The molecule has 5 nitrogen and oxygen atoms in total. The summed E-state index contributed by atoms with van der Waals surface area (Å²) < 4.78 is 8.05. The van der Waals surface area contributed by atoms with Gasteiger partial charge in [0.1, 0.15) is 11.6 Å². The van der Waals surface area contributed by atoms with Crippen molar-refractivity contribution in [3.63, 3.8) is 0 Å². The maximum atomic E-state index is 5.92.